The number of hydrogen-bond acceptors (Lipinski definition) is 7. The molecule has 0 radical (unpaired) electrons. The number of hydrogen-bond donors (Lipinski definition) is 2. The van der Waals surface area contributed by atoms with Crippen LogP contribution in [0.2, 0.25) is 4.34 Å². The summed E-state index contributed by atoms with van der Waals surface area (Å²) in [5.41, 5.74) is 1.33. The predicted octanol–water partition coefficient (Wildman–Crippen LogP) is 2.10. The van der Waals surface area contributed by atoms with Crippen molar-refractivity contribution in [2.45, 2.75) is 18.5 Å². The van der Waals surface area contributed by atoms with Gasteiger partial charge in [-0.15, -0.1) is 11.3 Å². The lowest BCUT2D eigenvalue weighted by Gasteiger charge is -2.27. The molecule has 2 fully saturated rings. The molecule has 1 aromatic heterocycles. The highest BCUT2D eigenvalue weighted by Gasteiger charge is 2.37. The molecule has 11 heteroatoms. The zero-order valence-corrected chi connectivity index (χ0v) is 19.2. The number of nitrogens with one attached hydrogen (secondary N) is 2. The van der Waals surface area contributed by atoms with Gasteiger partial charge in [0.15, 0.2) is 0 Å². The van der Waals surface area contributed by atoms with E-state index in [0.717, 1.165) is 5.69 Å². The molecule has 2 aromatic rings. The number of nitriles is 1. The Bertz CT molecular complexity index is 1080. The van der Waals surface area contributed by atoms with E-state index in [1.165, 1.54) is 11.3 Å². The van der Waals surface area contributed by atoms with Crippen LogP contribution >= 0.6 is 22.9 Å². The van der Waals surface area contributed by atoms with E-state index in [2.05, 4.69) is 16.7 Å². The highest BCUT2D eigenvalue weighted by atomic mass is 35.5. The average Bonchev–Trinajstić information content (AvgIpc) is 3.41. The van der Waals surface area contributed by atoms with Crippen molar-refractivity contribution in [1.82, 2.24) is 10.2 Å². The van der Waals surface area contributed by atoms with Crippen molar-refractivity contribution in [3.8, 4) is 6.07 Å². The average molecular weight is 488 g/mol. The Balaban J connectivity index is 1.38. The molecule has 172 valence electrons. The molecule has 0 spiro atoms. The third-order valence-corrected chi connectivity index (χ3v) is 6.77. The van der Waals surface area contributed by atoms with E-state index in [4.69, 9.17) is 16.3 Å². The Hall–Kier alpha value is -2.97. The Morgan fingerprint density at radius 3 is 2.70 bits per heavy atom. The van der Waals surface area contributed by atoms with Crippen molar-refractivity contribution in [3.05, 3.63) is 45.6 Å². The molecule has 2 aliphatic heterocycles. The van der Waals surface area contributed by atoms with E-state index in [1.807, 2.05) is 0 Å². The molecular weight excluding hydrogens is 466 g/mol. The number of ether oxygens (including phenoxy) is 1. The number of benzene rings is 1. The highest BCUT2D eigenvalue weighted by molar-refractivity contribution is 7.18. The number of likely N-dealkylation sites (tertiary alicyclic amines) is 1. The van der Waals surface area contributed by atoms with Crippen LogP contribution in [0.3, 0.4) is 0 Å². The van der Waals surface area contributed by atoms with E-state index in [0.29, 0.717) is 41.0 Å². The number of halogens is 1. The molecule has 1 unspecified atom stereocenters. The Kier molecular flexibility index (Phi) is 7.25. The van der Waals surface area contributed by atoms with Crippen LogP contribution in [0.1, 0.15) is 16.1 Å². The van der Waals surface area contributed by atoms with Crippen molar-refractivity contribution in [1.29, 1.82) is 5.26 Å². The first-order valence-electron chi connectivity index (χ1n) is 10.4. The number of thiophene rings is 1. The number of morpholine rings is 1. The van der Waals surface area contributed by atoms with Crippen molar-refractivity contribution >= 4 is 52.0 Å². The maximum atomic E-state index is 13.0. The van der Waals surface area contributed by atoms with Gasteiger partial charge in [-0.3, -0.25) is 19.3 Å². The van der Waals surface area contributed by atoms with Crippen LogP contribution in [0.25, 0.3) is 0 Å². The second kappa shape index (κ2) is 10.3. The summed E-state index contributed by atoms with van der Waals surface area (Å²) < 4.78 is 5.67. The van der Waals surface area contributed by atoms with Crippen LogP contribution in [0.5, 0.6) is 0 Å². The second-order valence-electron chi connectivity index (χ2n) is 7.75. The van der Waals surface area contributed by atoms with Crippen molar-refractivity contribution in [2.75, 3.05) is 43.1 Å². The molecule has 33 heavy (non-hydrogen) atoms. The quantitative estimate of drug-likeness (QED) is 0.603. The van der Waals surface area contributed by atoms with E-state index < -0.39 is 6.04 Å². The lowest BCUT2D eigenvalue weighted by Crippen LogP contribution is -2.41. The van der Waals surface area contributed by atoms with Gasteiger partial charge in [0.05, 0.1) is 34.5 Å². The molecule has 2 atom stereocenters. The molecule has 3 amide bonds. The molecule has 9 nitrogen and oxygen atoms in total. The van der Waals surface area contributed by atoms with Crippen LogP contribution in [-0.2, 0) is 14.3 Å². The van der Waals surface area contributed by atoms with E-state index in [-0.39, 0.29) is 36.9 Å². The second-order valence-corrected chi connectivity index (χ2v) is 9.46. The number of rotatable bonds is 6. The van der Waals surface area contributed by atoms with Gasteiger partial charge in [-0.1, -0.05) is 11.6 Å². The molecule has 2 N–H and O–H groups in total. The molecule has 3 heterocycles. The maximum Gasteiger partial charge on any atom is 0.261 e. The Morgan fingerprint density at radius 1 is 1.24 bits per heavy atom. The van der Waals surface area contributed by atoms with Gasteiger partial charge in [-0.05, 0) is 42.8 Å². The molecule has 1 aromatic carbocycles. The summed E-state index contributed by atoms with van der Waals surface area (Å²) in [7, 11) is 0. The lowest BCUT2D eigenvalue weighted by atomic mass is 10.1. The first kappa shape index (κ1) is 23.2. The van der Waals surface area contributed by atoms with Gasteiger partial charge < -0.3 is 20.3 Å². The summed E-state index contributed by atoms with van der Waals surface area (Å²) in [5.74, 6) is -0.603. The number of carbonyl (C=O) groups excluding carboxylic acids is 3. The fraction of sp³-hybridized carbons (Fsp3) is 0.364. The molecule has 2 aliphatic rings. The van der Waals surface area contributed by atoms with Crippen LogP contribution in [0.15, 0.2) is 36.4 Å². The van der Waals surface area contributed by atoms with Gasteiger partial charge in [-0.2, -0.15) is 5.26 Å². The minimum Gasteiger partial charge on any atom is -0.370 e. The van der Waals surface area contributed by atoms with Gasteiger partial charge in [0.2, 0.25) is 5.91 Å². The number of carbonyl (C=O) groups is 3. The number of nitrogens with zero attached hydrogens (tertiary/aromatic N) is 3. The topological polar surface area (TPSA) is 115 Å². The van der Waals surface area contributed by atoms with Crippen molar-refractivity contribution in [2.24, 2.45) is 0 Å². The van der Waals surface area contributed by atoms with Gasteiger partial charge in [-0.25, -0.2) is 0 Å². The summed E-state index contributed by atoms with van der Waals surface area (Å²) >= 11 is 7.09. The van der Waals surface area contributed by atoms with Crippen LogP contribution < -0.4 is 15.5 Å². The standard InChI is InChI=1S/C22H22ClN5O4S/c23-19-6-5-18(33-19)22(31)26-15-11-17(27(12-15)8-7-24)21(30)25-14-1-3-16(4-2-14)28-9-10-32-13-20(28)29/h1-6,15,17H,8-13H2,(H,25,30)(H,26,31)/t15?,17-/m0/s1. The third kappa shape index (κ3) is 5.51. The molecular formula is C22H22ClN5O4S. The summed E-state index contributed by atoms with van der Waals surface area (Å²) in [6.07, 6.45) is 0.388. The largest absolute Gasteiger partial charge is 0.370 e. The summed E-state index contributed by atoms with van der Waals surface area (Å²) in [5, 5.41) is 15.0. The molecule has 4 rings (SSSR count). The van der Waals surface area contributed by atoms with E-state index >= 15 is 0 Å². The minimum absolute atomic E-state index is 0.0616. The van der Waals surface area contributed by atoms with Gasteiger partial charge in [0.25, 0.3) is 11.8 Å². The summed E-state index contributed by atoms with van der Waals surface area (Å²) in [6, 6.07) is 11.6. The van der Waals surface area contributed by atoms with Gasteiger partial charge in [0, 0.05) is 30.5 Å². The predicted molar refractivity (Wildman–Crippen MR) is 124 cm³/mol. The first-order valence-corrected chi connectivity index (χ1v) is 11.6. The van der Waals surface area contributed by atoms with Gasteiger partial charge in [0.1, 0.15) is 6.61 Å². The normalized spacial score (nSPS) is 21.0. The van der Waals surface area contributed by atoms with Gasteiger partial charge >= 0.3 is 0 Å². The lowest BCUT2D eigenvalue weighted by molar-refractivity contribution is -0.125. The highest BCUT2D eigenvalue weighted by Crippen LogP contribution is 2.24. The molecule has 0 aliphatic carbocycles. The summed E-state index contributed by atoms with van der Waals surface area (Å²) in [6.45, 7) is 1.51. The monoisotopic (exact) mass is 487 g/mol. The van der Waals surface area contributed by atoms with E-state index in [1.54, 1.807) is 46.2 Å². The van der Waals surface area contributed by atoms with Crippen molar-refractivity contribution < 1.29 is 19.1 Å². The number of amides is 3. The van der Waals surface area contributed by atoms with E-state index in [9.17, 15) is 19.6 Å². The fourth-order valence-corrected chi connectivity index (χ4v) is 4.93. The van der Waals surface area contributed by atoms with Crippen molar-refractivity contribution in [3.63, 3.8) is 0 Å². The molecule has 0 bridgehead atoms. The molecule has 0 saturated carbocycles. The van der Waals surface area contributed by atoms with Crippen LogP contribution in [0.4, 0.5) is 11.4 Å². The Labute approximate surface area is 199 Å². The number of anilines is 2. The fourth-order valence-electron chi connectivity index (χ4n) is 3.98. The zero-order valence-electron chi connectivity index (χ0n) is 17.6. The smallest absolute Gasteiger partial charge is 0.261 e. The zero-order chi connectivity index (χ0) is 23.4. The maximum absolute atomic E-state index is 13.0. The minimum atomic E-state index is -0.553. The van der Waals surface area contributed by atoms with Crippen LogP contribution in [0, 0.1) is 11.3 Å². The van der Waals surface area contributed by atoms with Crippen LogP contribution in [-0.4, -0.2) is 67.6 Å². The third-order valence-electron chi connectivity index (χ3n) is 5.54. The first-order chi connectivity index (χ1) is 15.9. The summed E-state index contributed by atoms with van der Waals surface area (Å²) in [4.78, 5) is 41.3. The SMILES string of the molecule is N#CCN1CC(NC(=O)c2ccc(Cl)s2)C[C@H]1C(=O)Nc1ccc(N2CCOCC2=O)cc1. The molecule has 2 saturated heterocycles. The Morgan fingerprint density at radius 2 is 2.03 bits per heavy atom.